The molecular formula is C11H8N2OS. The molecule has 0 fully saturated rings. The van der Waals surface area contributed by atoms with Gasteiger partial charge >= 0.3 is 0 Å². The molecule has 0 aliphatic rings. The summed E-state index contributed by atoms with van der Waals surface area (Å²) in [6.45, 7) is 1.97. The number of hydrogen-bond acceptors (Lipinski definition) is 3. The van der Waals surface area contributed by atoms with E-state index in [1.165, 1.54) is 11.3 Å². The molecule has 1 aromatic carbocycles. The van der Waals surface area contributed by atoms with E-state index in [-0.39, 0.29) is 5.56 Å². The number of benzene rings is 1. The molecule has 3 nitrogen and oxygen atoms in total. The van der Waals surface area contributed by atoms with Crippen LogP contribution in [0.3, 0.4) is 0 Å². The van der Waals surface area contributed by atoms with Crippen LogP contribution in [0, 0.1) is 6.92 Å². The molecule has 2 aromatic heterocycles. The highest BCUT2D eigenvalue weighted by molar-refractivity contribution is 7.15. The molecule has 3 aromatic rings. The number of fused-ring (bicyclic) bond motifs is 2. The zero-order valence-electron chi connectivity index (χ0n) is 8.10. The Bertz CT molecular complexity index is 711. The van der Waals surface area contributed by atoms with Crippen LogP contribution in [0.5, 0.6) is 0 Å². The fraction of sp³-hybridized carbons (Fsp3) is 0.0909. The number of rotatable bonds is 0. The molecule has 0 spiro atoms. The van der Waals surface area contributed by atoms with Gasteiger partial charge in [0.2, 0.25) is 0 Å². The van der Waals surface area contributed by atoms with Crippen molar-refractivity contribution in [3.8, 4) is 0 Å². The van der Waals surface area contributed by atoms with Crippen LogP contribution < -0.4 is 5.56 Å². The molecule has 2 heterocycles. The van der Waals surface area contributed by atoms with Gasteiger partial charge in [-0.05, 0) is 18.6 Å². The largest absolute Gasteiger partial charge is 0.268 e. The number of aryl methyl sites for hydroxylation is 1. The Morgan fingerprint density at radius 3 is 3.13 bits per heavy atom. The van der Waals surface area contributed by atoms with E-state index in [0.29, 0.717) is 5.39 Å². The predicted molar refractivity (Wildman–Crippen MR) is 61.6 cm³/mol. The molecule has 3 rings (SSSR count). The number of thiazole rings is 1. The first-order valence-corrected chi connectivity index (χ1v) is 5.50. The third-order valence-corrected chi connectivity index (χ3v) is 3.24. The maximum atomic E-state index is 12.0. The highest BCUT2D eigenvalue weighted by Crippen LogP contribution is 2.15. The van der Waals surface area contributed by atoms with Crippen molar-refractivity contribution in [1.82, 2.24) is 9.38 Å². The molecule has 0 aliphatic carbocycles. The van der Waals surface area contributed by atoms with E-state index in [1.807, 2.05) is 30.5 Å². The first-order chi connectivity index (χ1) is 7.27. The zero-order valence-corrected chi connectivity index (χ0v) is 8.91. The van der Waals surface area contributed by atoms with Crippen molar-refractivity contribution in [3.63, 3.8) is 0 Å². The van der Waals surface area contributed by atoms with Crippen molar-refractivity contribution in [2.75, 3.05) is 0 Å². The third-order valence-electron chi connectivity index (χ3n) is 2.48. The minimum Gasteiger partial charge on any atom is -0.268 e. The second-order valence-corrected chi connectivity index (χ2v) is 4.32. The lowest BCUT2D eigenvalue weighted by molar-refractivity contribution is 1.11. The van der Waals surface area contributed by atoms with E-state index in [1.54, 1.807) is 10.6 Å². The van der Waals surface area contributed by atoms with Crippen LogP contribution in [-0.2, 0) is 0 Å². The Morgan fingerprint density at radius 2 is 2.27 bits per heavy atom. The lowest BCUT2D eigenvalue weighted by atomic mass is 10.1. The molecule has 74 valence electrons. The standard InChI is InChI=1S/C11H8N2OS/c1-7-3-2-4-8-9(7)12-11-13(10(8)14)5-6-15-11/h2-6H,1H3. The molecule has 0 amide bonds. The average Bonchev–Trinajstić information content (AvgIpc) is 2.68. The average molecular weight is 216 g/mol. The van der Waals surface area contributed by atoms with Crippen LogP contribution in [0.4, 0.5) is 0 Å². The van der Waals surface area contributed by atoms with Gasteiger partial charge in [0.05, 0.1) is 10.9 Å². The van der Waals surface area contributed by atoms with Crippen LogP contribution in [0.25, 0.3) is 15.9 Å². The van der Waals surface area contributed by atoms with Crippen LogP contribution in [0.15, 0.2) is 34.6 Å². The molecule has 0 saturated carbocycles. The molecule has 0 aliphatic heterocycles. The summed E-state index contributed by atoms with van der Waals surface area (Å²) >= 11 is 1.48. The number of hydrogen-bond donors (Lipinski definition) is 0. The summed E-state index contributed by atoms with van der Waals surface area (Å²) in [5, 5.41) is 2.56. The van der Waals surface area contributed by atoms with Crippen molar-refractivity contribution >= 4 is 27.2 Å². The zero-order chi connectivity index (χ0) is 10.4. The van der Waals surface area contributed by atoms with Gasteiger partial charge in [-0.1, -0.05) is 12.1 Å². The molecule has 0 atom stereocenters. The van der Waals surface area contributed by atoms with Gasteiger partial charge in [-0.15, -0.1) is 11.3 Å². The van der Waals surface area contributed by atoms with Gasteiger partial charge in [0, 0.05) is 11.6 Å². The van der Waals surface area contributed by atoms with E-state index < -0.39 is 0 Å². The normalized spacial score (nSPS) is 11.3. The van der Waals surface area contributed by atoms with E-state index in [9.17, 15) is 4.79 Å². The SMILES string of the molecule is Cc1cccc2c(=O)n3ccsc3nc12. The lowest BCUT2D eigenvalue weighted by Crippen LogP contribution is -2.12. The van der Waals surface area contributed by atoms with E-state index >= 15 is 0 Å². The maximum Gasteiger partial charge on any atom is 0.266 e. The summed E-state index contributed by atoms with van der Waals surface area (Å²) in [5.74, 6) is 0. The summed E-state index contributed by atoms with van der Waals surface area (Å²) in [4.78, 5) is 17.3. The smallest absolute Gasteiger partial charge is 0.266 e. The second kappa shape index (κ2) is 2.90. The van der Waals surface area contributed by atoms with E-state index in [2.05, 4.69) is 4.98 Å². The predicted octanol–water partition coefficient (Wildman–Crippen LogP) is 2.22. The van der Waals surface area contributed by atoms with Gasteiger partial charge in [0.25, 0.3) is 5.56 Å². The van der Waals surface area contributed by atoms with Crippen molar-refractivity contribution in [1.29, 1.82) is 0 Å². The van der Waals surface area contributed by atoms with Crippen LogP contribution in [0.2, 0.25) is 0 Å². The quantitative estimate of drug-likeness (QED) is 0.577. The fourth-order valence-electron chi connectivity index (χ4n) is 1.71. The number of para-hydroxylation sites is 1. The van der Waals surface area contributed by atoms with Gasteiger partial charge in [0.1, 0.15) is 0 Å². The maximum absolute atomic E-state index is 12.0. The minimum atomic E-state index is 0.0138. The van der Waals surface area contributed by atoms with E-state index in [4.69, 9.17) is 0 Å². The molecule has 0 saturated heterocycles. The minimum absolute atomic E-state index is 0.0138. The van der Waals surface area contributed by atoms with Crippen LogP contribution in [-0.4, -0.2) is 9.38 Å². The van der Waals surface area contributed by atoms with Gasteiger partial charge in [0.15, 0.2) is 4.96 Å². The summed E-state index contributed by atoms with van der Waals surface area (Å²) in [6.07, 6.45) is 1.76. The topological polar surface area (TPSA) is 34.4 Å². The highest BCUT2D eigenvalue weighted by atomic mass is 32.1. The lowest BCUT2D eigenvalue weighted by Gasteiger charge is -2.00. The van der Waals surface area contributed by atoms with Crippen LogP contribution in [0.1, 0.15) is 5.56 Å². The summed E-state index contributed by atoms with van der Waals surface area (Å²) < 4.78 is 1.59. The van der Waals surface area contributed by atoms with Crippen molar-refractivity contribution in [3.05, 3.63) is 45.7 Å². The van der Waals surface area contributed by atoms with Gasteiger partial charge in [-0.25, -0.2) is 4.98 Å². The Labute approximate surface area is 89.6 Å². The summed E-state index contributed by atoms with van der Waals surface area (Å²) in [7, 11) is 0. The number of nitrogens with zero attached hydrogens (tertiary/aromatic N) is 2. The molecule has 0 N–H and O–H groups in total. The van der Waals surface area contributed by atoms with Crippen molar-refractivity contribution in [2.45, 2.75) is 6.92 Å². The molecule has 0 unspecified atom stereocenters. The molecular weight excluding hydrogens is 208 g/mol. The summed E-state index contributed by atoms with van der Waals surface area (Å²) in [5.41, 5.74) is 1.87. The molecule has 0 radical (unpaired) electrons. The molecule has 0 bridgehead atoms. The van der Waals surface area contributed by atoms with Crippen molar-refractivity contribution in [2.24, 2.45) is 0 Å². The van der Waals surface area contributed by atoms with Crippen molar-refractivity contribution < 1.29 is 0 Å². The molecule has 4 heteroatoms. The first-order valence-electron chi connectivity index (χ1n) is 4.62. The van der Waals surface area contributed by atoms with Crippen LogP contribution >= 0.6 is 11.3 Å². The Kier molecular flexibility index (Phi) is 1.67. The Balaban J connectivity index is 2.70. The van der Waals surface area contributed by atoms with Gasteiger partial charge < -0.3 is 0 Å². The monoisotopic (exact) mass is 216 g/mol. The summed E-state index contributed by atoms with van der Waals surface area (Å²) in [6, 6.07) is 5.68. The Hall–Kier alpha value is -1.68. The number of aromatic nitrogens is 2. The fourth-order valence-corrected chi connectivity index (χ4v) is 2.42. The first kappa shape index (κ1) is 8.61. The van der Waals surface area contributed by atoms with Gasteiger partial charge in [-0.2, -0.15) is 0 Å². The molecule has 15 heavy (non-hydrogen) atoms. The van der Waals surface area contributed by atoms with Gasteiger partial charge in [-0.3, -0.25) is 9.20 Å². The third kappa shape index (κ3) is 1.11. The Morgan fingerprint density at radius 1 is 1.40 bits per heavy atom. The second-order valence-electron chi connectivity index (χ2n) is 3.44. The highest BCUT2D eigenvalue weighted by Gasteiger charge is 2.06. The van der Waals surface area contributed by atoms with E-state index in [0.717, 1.165) is 16.0 Å².